The maximum atomic E-state index is 13.2. The van der Waals surface area contributed by atoms with Crippen LogP contribution in [0.5, 0.6) is 0 Å². The Labute approximate surface area is 204 Å². The van der Waals surface area contributed by atoms with Crippen molar-refractivity contribution in [2.75, 3.05) is 44.7 Å². The number of pyridine rings is 1. The van der Waals surface area contributed by atoms with E-state index in [1.165, 1.54) is 0 Å². The smallest absolute Gasteiger partial charge is 0.322 e. The third-order valence-corrected chi connectivity index (χ3v) is 6.63. The highest BCUT2D eigenvalue weighted by Gasteiger charge is 2.18. The highest BCUT2D eigenvalue weighted by Crippen LogP contribution is 2.20. The summed E-state index contributed by atoms with van der Waals surface area (Å²) in [7, 11) is 0. The van der Waals surface area contributed by atoms with Crippen molar-refractivity contribution in [3.8, 4) is 0 Å². The van der Waals surface area contributed by atoms with Gasteiger partial charge >= 0.3 is 6.03 Å². The summed E-state index contributed by atoms with van der Waals surface area (Å²) in [4.78, 5) is 33.2. The Kier molecular flexibility index (Phi) is 7.88. The van der Waals surface area contributed by atoms with Crippen LogP contribution < -0.4 is 10.9 Å². The molecule has 0 saturated carbocycles. The van der Waals surface area contributed by atoms with Crippen molar-refractivity contribution in [1.29, 1.82) is 0 Å². The van der Waals surface area contributed by atoms with Crippen LogP contribution in [-0.4, -0.2) is 60.2 Å². The number of aromatic nitrogens is 1. The standard InChI is InChI=1S/C26H31ClN4O3/c1-18-4-5-20-16-21(25(32)29-24(20)19(18)2)17-31(11-3-10-30-12-14-34-15-13-30)26(33)28-23-8-6-22(27)7-9-23/h4-9,16H,3,10-15,17H2,1-2H3,(H,28,33)(H,29,32). The van der Waals surface area contributed by atoms with Crippen LogP contribution in [0.25, 0.3) is 10.9 Å². The summed E-state index contributed by atoms with van der Waals surface area (Å²) in [5, 5.41) is 4.50. The molecule has 4 rings (SSSR count). The number of benzene rings is 2. The van der Waals surface area contributed by atoms with Gasteiger partial charge in [-0.3, -0.25) is 9.69 Å². The molecule has 1 saturated heterocycles. The van der Waals surface area contributed by atoms with Crippen LogP contribution in [0.2, 0.25) is 5.02 Å². The van der Waals surface area contributed by atoms with Crippen molar-refractivity contribution in [1.82, 2.24) is 14.8 Å². The number of carbonyl (C=O) groups is 1. The molecular formula is C26H31ClN4O3. The summed E-state index contributed by atoms with van der Waals surface area (Å²) in [5.41, 5.74) is 4.09. The van der Waals surface area contributed by atoms with Crippen LogP contribution in [0.3, 0.4) is 0 Å². The van der Waals surface area contributed by atoms with Crippen LogP contribution in [0, 0.1) is 13.8 Å². The molecule has 0 bridgehead atoms. The van der Waals surface area contributed by atoms with Crippen LogP contribution in [0.15, 0.2) is 47.3 Å². The second kappa shape index (κ2) is 11.0. The molecule has 2 amide bonds. The van der Waals surface area contributed by atoms with Crippen LogP contribution >= 0.6 is 11.6 Å². The SMILES string of the molecule is Cc1ccc2cc(CN(CCCN3CCOCC3)C(=O)Nc3ccc(Cl)cc3)c(=O)[nH]c2c1C. The summed E-state index contributed by atoms with van der Waals surface area (Å²) in [6, 6.07) is 12.7. The minimum absolute atomic E-state index is 0.168. The lowest BCUT2D eigenvalue weighted by molar-refractivity contribution is 0.0365. The molecule has 0 aliphatic carbocycles. The molecular weight excluding hydrogens is 452 g/mol. The molecule has 1 aliphatic rings. The summed E-state index contributed by atoms with van der Waals surface area (Å²) in [6.07, 6.45) is 0.803. The number of morpholine rings is 1. The Morgan fingerprint density at radius 2 is 1.88 bits per heavy atom. The molecule has 34 heavy (non-hydrogen) atoms. The van der Waals surface area contributed by atoms with E-state index in [1.807, 2.05) is 32.0 Å². The molecule has 0 radical (unpaired) electrons. The number of halogens is 1. The van der Waals surface area contributed by atoms with E-state index in [1.54, 1.807) is 29.2 Å². The fourth-order valence-corrected chi connectivity index (χ4v) is 4.32. The molecule has 3 aromatic rings. The largest absolute Gasteiger partial charge is 0.379 e. The molecule has 1 fully saturated rings. The number of anilines is 1. The number of amides is 2. The number of H-pyrrole nitrogens is 1. The van der Waals surface area contributed by atoms with Crippen molar-refractivity contribution >= 4 is 34.2 Å². The van der Waals surface area contributed by atoms with Crippen molar-refractivity contribution in [2.24, 2.45) is 0 Å². The first-order valence-corrected chi connectivity index (χ1v) is 12.0. The van der Waals surface area contributed by atoms with Gasteiger partial charge in [0.2, 0.25) is 0 Å². The molecule has 180 valence electrons. The number of nitrogens with one attached hydrogen (secondary N) is 2. The highest BCUT2D eigenvalue weighted by molar-refractivity contribution is 6.30. The summed E-state index contributed by atoms with van der Waals surface area (Å²) in [5.74, 6) is 0. The quantitative estimate of drug-likeness (QED) is 0.517. The second-order valence-electron chi connectivity index (χ2n) is 8.76. The minimum atomic E-state index is -0.246. The van der Waals surface area contributed by atoms with Crippen LogP contribution in [0.1, 0.15) is 23.1 Å². The van der Waals surface area contributed by atoms with E-state index in [0.29, 0.717) is 22.8 Å². The van der Waals surface area contributed by atoms with Gasteiger partial charge in [0.25, 0.3) is 5.56 Å². The predicted molar refractivity (Wildman–Crippen MR) is 137 cm³/mol. The first-order chi connectivity index (χ1) is 16.4. The van der Waals surface area contributed by atoms with Crippen LogP contribution in [0.4, 0.5) is 10.5 Å². The molecule has 1 aromatic heterocycles. The Morgan fingerprint density at radius 3 is 2.62 bits per heavy atom. The number of urea groups is 1. The van der Waals surface area contributed by atoms with Gasteiger partial charge in [-0.05, 0) is 67.1 Å². The van der Waals surface area contributed by atoms with Gasteiger partial charge in [0.15, 0.2) is 0 Å². The lowest BCUT2D eigenvalue weighted by Gasteiger charge is -2.28. The summed E-state index contributed by atoms with van der Waals surface area (Å²) >= 11 is 5.97. The number of ether oxygens (including phenoxy) is 1. The maximum absolute atomic E-state index is 13.2. The molecule has 0 unspecified atom stereocenters. The van der Waals surface area contributed by atoms with Crippen LogP contribution in [-0.2, 0) is 11.3 Å². The van der Waals surface area contributed by atoms with E-state index in [9.17, 15) is 9.59 Å². The van der Waals surface area contributed by atoms with Gasteiger partial charge in [0.1, 0.15) is 0 Å². The fourth-order valence-electron chi connectivity index (χ4n) is 4.19. The Morgan fingerprint density at radius 1 is 1.15 bits per heavy atom. The maximum Gasteiger partial charge on any atom is 0.322 e. The summed E-state index contributed by atoms with van der Waals surface area (Å²) < 4.78 is 5.42. The number of aryl methyl sites for hydroxylation is 2. The normalized spacial score (nSPS) is 14.3. The topological polar surface area (TPSA) is 77.7 Å². The monoisotopic (exact) mass is 482 g/mol. The first-order valence-electron chi connectivity index (χ1n) is 11.6. The Bertz CT molecular complexity index is 1200. The lowest BCUT2D eigenvalue weighted by Crippen LogP contribution is -2.40. The second-order valence-corrected chi connectivity index (χ2v) is 9.20. The fraction of sp³-hybridized carbons (Fsp3) is 0.385. The predicted octanol–water partition coefficient (Wildman–Crippen LogP) is 4.55. The Balaban J connectivity index is 1.53. The number of hydrogen-bond donors (Lipinski definition) is 2. The van der Waals surface area contributed by atoms with Crippen molar-refractivity contribution in [3.05, 3.63) is 74.5 Å². The average molecular weight is 483 g/mol. The molecule has 2 N–H and O–H groups in total. The van der Waals surface area contributed by atoms with Gasteiger partial charge in [-0.25, -0.2) is 4.79 Å². The average Bonchev–Trinajstić information content (AvgIpc) is 2.84. The third kappa shape index (κ3) is 5.97. The number of fused-ring (bicyclic) bond motifs is 1. The summed E-state index contributed by atoms with van der Waals surface area (Å²) in [6.45, 7) is 8.95. The van der Waals surface area contributed by atoms with Crippen molar-refractivity contribution < 1.29 is 9.53 Å². The number of carbonyl (C=O) groups excluding carboxylic acids is 1. The van der Waals surface area contributed by atoms with Crippen molar-refractivity contribution in [2.45, 2.75) is 26.8 Å². The lowest BCUT2D eigenvalue weighted by atomic mass is 10.0. The Hall–Kier alpha value is -2.87. The van der Waals surface area contributed by atoms with Gasteiger partial charge in [-0.2, -0.15) is 0 Å². The van der Waals surface area contributed by atoms with Gasteiger partial charge in [-0.1, -0.05) is 23.7 Å². The van der Waals surface area contributed by atoms with Gasteiger partial charge in [0.05, 0.1) is 25.3 Å². The van der Waals surface area contributed by atoms with Gasteiger partial charge < -0.3 is 19.9 Å². The van der Waals surface area contributed by atoms with Gasteiger partial charge in [-0.15, -0.1) is 0 Å². The number of hydrogen-bond acceptors (Lipinski definition) is 4. The van der Waals surface area contributed by atoms with Crippen molar-refractivity contribution in [3.63, 3.8) is 0 Å². The zero-order chi connectivity index (χ0) is 24.1. The van der Waals surface area contributed by atoms with E-state index >= 15 is 0 Å². The van der Waals surface area contributed by atoms with E-state index in [2.05, 4.69) is 15.2 Å². The van der Waals surface area contributed by atoms with E-state index in [4.69, 9.17) is 16.3 Å². The number of rotatable bonds is 7. The molecule has 8 heteroatoms. The molecule has 2 heterocycles. The highest BCUT2D eigenvalue weighted by atomic mass is 35.5. The molecule has 0 spiro atoms. The molecule has 7 nitrogen and oxygen atoms in total. The van der Waals surface area contributed by atoms with E-state index < -0.39 is 0 Å². The van der Waals surface area contributed by atoms with Gasteiger partial charge in [0, 0.05) is 42.5 Å². The van der Waals surface area contributed by atoms with E-state index in [-0.39, 0.29) is 18.1 Å². The number of aromatic amines is 1. The molecule has 1 aliphatic heterocycles. The zero-order valence-corrected chi connectivity index (χ0v) is 20.5. The third-order valence-electron chi connectivity index (χ3n) is 6.38. The zero-order valence-electron chi connectivity index (χ0n) is 19.7. The first kappa shape index (κ1) is 24.3. The number of nitrogens with zero attached hydrogens (tertiary/aromatic N) is 2. The minimum Gasteiger partial charge on any atom is -0.379 e. The van der Waals surface area contributed by atoms with E-state index in [0.717, 1.165) is 61.3 Å². The molecule has 2 aromatic carbocycles. The molecule has 0 atom stereocenters.